The molecule has 0 aliphatic carbocycles. The van der Waals surface area contributed by atoms with E-state index in [1.807, 2.05) is 11.8 Å². The monoisotopic (exact) mass is 520 g/mol. The summed E-state index contributed by atoms with van der Waals surface area (Å²) in [6, 6.07) is -0.197. The van der Waals surface area contributed by atoms with E-state index in [1.165, 1.54) is 19.3 Å². The Morgan fingerprint density at radius 2 is 1.78 bits per heavy atom. The average Bonchev–Trinajstić information content (AvgIpc) is 3.21. The summed E-state index contributed by atoms with van der Waals surface area (Å²) in [6.07, 6.45) is -1.66. The summed E-state index contributed by atoms with van der Waals surface area (Å²) in [5.41, 5.74) is 6.34. The van der Waals surface area contributed by atoms with Crippen LogP contribution in [-0.2, 0) is 16.1 Å². The first-order valence-electron chi connectivity index (χ1n) is 11.9. The molecule has 0 saturated carbocycles. The Labute approximate surface area is 210 Å². The van der Waals surface area contributed by atoms with Crippen molar-refractivity contribution in [3.8, 4) is 11.4 Å². The number of aromatic nitrogens is 6. The Kier molecular flexibility index (Phi) is 6.47. The molecule has 2 N–H and O–H groups in total. The predicted molar refractivity (Wildman–Crippen MR) is 129 cm³/mol. The minimum atomic E-state index is -4.52. The second kappa shape index (κ2) is 9.61. The molecule has 3 aromatic heterocycles. The first-order valence-corrected chi connectivity index (χ1v) is 11.9. The number of morpholine rings is 1. The molecule has 5 rings (SSSR count). The zero-order valence-electron chi connectivity index (χ0n) is 20.4. The molecule has 0 spiro atoms. The van der Waals surface area contributed by atoms with E-state index < -0.39 is 12.7 Å². The SMILES string of the molecule is CC(=O)N1CCN(c2nc3c(N4CCOCC4)nc(-c4cnc(N)nc4)nc3n2CC(F)(F)F)C[C@H]1C. The maximum atomic E-state index is 13.8. The number of amides is 1. The Hall–Kier alpha value is -3.75. The molecule has 1 amide bonds. The van der Waals surface area contributed by atoms with Crippen molar-refractivity contribution in [2.45, 2.75) is 32.6 Å². The van der Waals surface area contributed by atoms with Crippen LogP contribution in [0.15, 0.2) is 12.4 Å². The molecule has 2 aliphatic rings. The summed E-state index contributed by atoms with van der Waals surface area (Å²) < 4.78 is 48.1. The molecule has 37 heavy (non-hydrogen) atoms. The lowest BCUT2D eigenvalue weighted by molar-refractivity contribution is -0.139. The highest BCUT2D eigenvalue weighted by molar-refractivity contribution is 5.88. The number of hydrogen-bond donors (Lipinski definition) is 1. The molecule has 0 radical (unpaired) electrons. The highest BCUT2D eigenvalue weighted by Crippen LogP contribution is 2.34. The zero-order valence-corrected chi connectivity index (χ0v) is 20.4. The summed E-state index contributed by atoms with van der Waals surface area (Å²) >= 11 is 0. The number of rotatable bonds is 4. The van der Waals surface area contributed by atoms with Crippen LogP contribution < -0.4 is 15.5 Å². The fourth-order valence-corrected chi connectivity index (χ4v) is 4.73. The van der Waals surface area contributed by atoms with E-state index in [4.69, 9.17) is 10.5 Å². The Morgan fingerprint density at radius 3 is 2.41 bits per heavy atom. The van der Waals surface area contributed by atoms with Gasteiger partial charge in [0.15, 0.2) is 22.8 Å². The Balaban J connectivity index is 1.68. The number of alkyl halides is 3. The molecule has 1 atom stereocenters. The fraction of sp³-hybridized carbons (Fsp3) is 0.545. The fourth-order valence-electron chi connectivity index (χ4n) is 4.73. The summed E-state index contributed by atoms with van der Waals surface area (Å²) in [4.78, 5) is 39.2. The van der Waals surface area contributed by atoms with E-state index in [1.54, 1.807) is 9.80 Å². The molecule has 15 heteroatoms. The van der Waals surface area contributed by atoms with Crippen LogP contribution in [0, 0.1) is 0 Å². The van der Waals surface area contributed by atoms with Gasteiger partial charge in [-0.15, -0.1) is 0 Å². The van der Waals surface area contributed by atoms with Crippen LogP contribution in [-0.4, -0.2) is 98.4 Å². The molecule has 198 valence electrons. The third-order valence-corrected chi connectivity index (χ3v) is 6.45. The number of carbonyl (C=O) groups excluding carboxylic acids is 1. The molecule has 0 bridgehead atoms. The molecular weight excluding hydrogens is 493 g/mol. The summed E-state index contributed by atoms with van der Waals surface area (Å²) in [5.74, 6) is 0.696. The van der Waals surface area contributed by atoms with Crippen molar-refractivity contribution in [3.05, 3.63) is 12.4 Å². The van der Waals surface area contributed by atoms with Gasteiger partial charge in [0.05, 0.1) is 18.8 Å². The molecule has 5 heterocycles. The topological polar surface area (TPSA) is 131 Å². The molecule has 0 aromatic carbocycles. The summed E-state index contributed by atoms with van der Waals surface area (Å²) in [7, 11) is 0. The van der Waals surface area contributed by atoms with Crippen LogP contribution in [0.25, 0.3) is 22.6 Å². The number of nitrogen functional groups attached to an aromatic ring is 1. The van der Waals surface area contributed by atoms with Gasteiger partial charge < -0.3 is 25.2 Å². The van der Waals surface area contributed by atoms with Gasteiger partial charge in [-0.05, 0) is 6.92 Å². The van der Waals surface area contributed by atoms with E-state index in [0.29, 0.717) is 57.3 Å². The second-order valence-corrected chi connectivity index (χ2v) is 9.09. The lowest BCUT2D eigenvalue weighted by Gasteiger charge is -2.40. The van der Waals surface area contributed by atoms with Gasteiger partial charge in [0.2, 0.25) is 17.8 Å². The van der Waals surface area contributed by atoms with Gasteiger partial charge in [-0.3, -0.25) is 9.36 Å². The number of carbonyl (C=O) groups is 1. The van der Waals surface area contributed by atoms with Crippen molar-refractivity contribution in [1.29, 1.82) is 0 Å². The van der Waals surface area contributed by atoms with Gasteiger partial charge in [0, 0.05) is 58.1 Å². The van der Waals surface area contributed by atoms with E-state index >= 15 is 0 Å². The van der Waals surface area contributed by atoms with Crippen molar-refractivity contribution < 1.29 is 22.7 Å². The molecule has 2 saturated heterocycles. The maximum absolute atomic E-state index is 13.8. The number of hydrogen-bond acceptors (Lipinski definition) is 10. The smallest absolute Gasteiger partial charge is 0.378 e. The zero-order chi connectivity index (χ0) is 26.3. The first kappa shape index (κ1) is 24.9. The third-order valence-electron chi connectivity index (χ3n) is 6.45. The van der Waals surface area contributed by atoms with Crippen molar-refractivity contribution in [2.75, 3.05) is 61.5 Å². The number of nitrogens with two attached hydrogens (primary N) is 1. The van der Waals surface area contributed by atoms with E-state index in [0.717, 1.165) is 4.57 Å². The molecule has 12 nitrogen and oxygen atoms in total. The number of piperazine rings is 1. The van der Waals surface area contributed by atoms with E-state index in [2.05, 4.69) is 24.9 Å². The number of nitrogens with zero attached hydrogens (tertiary/aromatic N) is 9. The molecule has 2 aliphatic heterocycles. The van der Waals surface area contributed by atoms with Crippen LogP contribution in [0.5, 0.6) is 0 Å². The van der Waals surface area contributed by atoms with Crippen molar-refractivity contribution in [3.63, 3.8) is 0 Å². The summed E-state index contributed by atoms with van der Waals surface area (Å²) in [5, 5.41) is 0. The average molecular weight is 521 g/mol. The second-order valence-electron chi connectivity index (χ2n) is 9.09. The number of imidazole rings is 1. The lowest BCUT2D eigenvalue weighted by Crippen LogP contribution is -2.54. The van der Waals surface area contributed by atoms with Crippen LogP contribution in [0.3, 0.4) is 0 Å². The van der Waals surface area contributed by atoms with Crippen molar-refractivity contribution in [2.24, 2.45) is 0 Å². The standard InChI is InChI=1S/C22H27F3N10O2/c1-13-11-33(3-4-34(13)14(2)36)21-29-16-18(32-5-7-37-8-6-32)30-17(15-9-27-20(26)28-10-15)31-19(16)35(21)12-22(23,24)25/h9-10,13H,3-8,11-12H2,1-2H3,(H2,26,27,28)/t13-/m1/s1. The van der Waals surface area contributed by atoms with Crippen molar-refractivity contribution in [1.82, 2.24) is 34.4 Å². The van der Waals surface area contributed by atoms with Crippen LogP contribution in [0.2, 0.25) is 0 Å². The largest absolute Gasteiger partial charge is 0.406 e. The molecule has 2 fully saturated rings. The maximum Gasteiger partial charge on any atom is 0.406 e. The van der Waals surface area contributed by atoms with Gasteiger partial charge in [-0.25, -0.2) is 24.9 Å². The summed E-state index contributed by atoms with van der Waals surface area (Å²) in [6.45, 7) is 5.02. The predicted octanol–water partition coefficient (Wildman–Crippen LogP) is 1.32. The minimum Gasteiger partial charge on any atom is -0.378 e. The van der Waals surface area contributed by atoms with E-state index in [9.17, 15) is 18.0 Å². The molecular formula is C22H27F3N10O2. The van der Waals surface area contributed by atoms with Gasteiger partial charge >= 0.3 is 6.18 Å². The quantitative estimate of drug-likeness (QED) is 0.537. The molecule has 3 aromatic rings. The van der Waals surface area contributed by atoms with Gasteiger partial charge in [0.1, 0.15) is 6.54 Å². The third kappa shape index (κ3) is 5.08. The first-order chi connectivity index (χ1) is 17.6. The number of fused-ring (bicyclic) bond motifs is 1. The highest BCUT2D eigenvalue weighted by Gasteiger charge is 2.35. The van der Waals surface area contributed by atoms with Crippen LogP contribution in [0.1, 0.15) is 13.8 Å². The van der Waals surface area contributed by atoms with Crippen LogP contribution in [0.4, 0.5) is 30.9 Å². The Bertz CT molecular complexity index is 1290. The lowest BCUT2D eigenvalue weighted by atomic mass is 10.2. The van der Waals surface area contributed by atoms with Crippen LogP contribution >= 0.6 is 0 Å². The van der Waals surface area contributed by atoms with Gasteiger partial charge in [-0.1, -0.05) is 0 Å². The number of halogens is 3. The normalized spacial score (nSPS) is 19.1. The van der Waals surface area contributed by atoms with Crippen molar-refractivity contribution >= 4 is 34.8 Å². The van der Waals surface area contributed by atoms with Gasteiger partial charge in [-0.2, -0.15) is 13.2 Å². The van der Waals surface area contributed by atoms with Gasteiger partial charge in [0.25, 0.3) is 0 Å². The highest BCUT2D eigenvalue weighted by atomic mass is 19.4. The Morgan fingerprint density at radius 1 is 1.08 bits per heavy atom. The van der Waals surface area contributed by atoms with E-state index in [-0.39, 0.29) is 40.8 Å². The number of ether oxygens (including phenoxy) is 1. The molecule has 0 unspecified atom stereocenters. The number of anilines is 3. The minimum absolute atomic E-state index is 0.0530.